The molecule has 0 spiro atoms. The SMILES string of the molecule is CCN(CC)C(CN)C(C)c1ccccc1. The summed E-state index contributed by atoms with van der Waals surface area (Å²) < 4.78 is 0. The highest BCUT2D eigenvalue weighted by molar-refractivity contribution is 5.20. The van der Waals surface area contributed by atoms with Crippen molar-refractivity contribution in [2.45, 2.75) is 32.7 Å². The van der Waals surface area contributed by atoms with Gasteiger partial charge in [0, 0.05) is 12.6 Å². The van der Waals surface area contributed by atoms with Crippen LogP contribution >= 0.6 is 0 Å². The van der Waals surface area contributed by atoms with Crippen LogP contribution in [0.2, 0.25) is 0 Å². The summed E-state index contributed by atoms with van der Waals surface area (Å²) in [6, 6.07) is 11.1. The molecule has 0 aliphatic rings. The molecule has 1 aromatic carbocycles. The third-order valence-corrected chi connectivity index (χ3v) is 3.43. The highest BCUT2D eigenvalue weighted by Gasteiger charge is 2.21. The molecule has 0 aromatic heterocycles. The number of hydrogen-bond acceptors (Lipinski definition) is 2. The van der Waals surface area contributed by atoms with E-state index in [1.807, 2.05) is 0 Å². The molecule has 2 atom stereocenters. The molecule has 0 aliphatic heterocycles. The number of benzene rings is 1. The van der Waals surface area contributed by atoms with Crippen molar-refractivity contribution in [2.75, 3.05) is 19.6 Å². The number of rotatable bonds is 6. The molecule has 0 fully saturated rings. The first-order valence-corrected chi connectivity index (χ1v) is 6.23. The lowest BCUT2D eigenvalue weighted by Crippen LogP contribution is -2.43. The zero-order chi connectivity index (χ0) is 12.0. The number of nitrogens with zero attached hydrogens (tertiary/aromatic N) is 1. The lowest BCUT2D eigenvalue weighted by molar-refractivity contribution is 0.198. The Labute approximate surface area is 99.5 Å². The van der Waals surface area contributed by atoms with Crippen molar-refractivity contribution in [1.29, 1.82) is 0 Å². The van der Waals surface area contributed by atoms with Crippen molar-refractivity contribution in [3.8, 4) is 0 Å². The minimum atomic E-state index is 0.442. The van der Waals surface area contributed by atoms with E-state index in [-0.39, 0.29) is 0 Å². The highest BCUT2D eigenvalue weighted by Crippen LogP contribution is 2.22. The van der Waals surface area contributed by atoms with Gasteiger partial charge in [-0.3, -0.25) is 4.90 Å². The Hall–Kier alpha value is -0.860. The van der Waals surface area contributed by atoms with Gasteiger partial charge in [-0.05, 0) is 24.6 Å². The van der Waals surface area contributed by atoms with E-state index in [1.54, 1.807) is 0 Å². The summed E-state index contributed by atoms with van der Waals surface area (Å²) >= 11 is 0. The molecule has 1 rings (SSSR count). The van der Waals surface area contributed by atoms with Crippen LogP contribution < -0.4 is 5.73 Å². The van der Waals surface area contributed by atoms with E-state index in [4.69, 9.17) is 5.73 Å². The second kappa shape index (κ2) is 6.66. The van der Waals surface area contributed by atoms with E-state index in [0.717, 1.165) is 19.6 Å². The monoisotopic (exact) mass is 220 g/mol. The Morgan fingerprint density at radius 3 is 2.12 bits per heavy atom. The van der Waals surface area contributed by atoms with Crippen LogP contribution in [-0.4, -0.2) is 30.6 Å². The van der Waals surface area contributed by atoms with Gasteiger partial charge in [-0.1, -0.05) is 51.1 Å². The predicted octanol–water partition coefficient (Wildman–Crippen LogP) is 2.46. The van der Waals surface area contributed by atoms with Crippen molar-refractivity contribution in [3.63, 3.8) is 0 Å². The van der Waals surface area contributed by atoms with Crippen LogP contribution in [0.25, 0.3) is 0 Å². The Bertz CT molecular complexity index is 280. The van der Waals surface area contributed by atoms with E-state index in [9.17, 15) is 0 Å². The van der Waals surface area contributed by atoms with Crippen molar-refractivity contribution in [2.24, 2.45) is 5.73 Å². The lowest BCUT2D eigenvalue weighted by atomic mass is 9.92. The molecule has 90 valence electrons. The summed E-state index contributed by atoms with van der Waals surface area (Å²) in [6.45, 7) is 9.52. The van der Waals surface area contributed by atoms with Crippen LogP contribution in [0.1, 0.15) is 32.3 Å². The molecule has 0 bridgehead atoms. The molecule has 0 amide bonds. The minimum absolute atomic E-state index is 0.442. The predicted molar refractivity (Wildman–Crippen MR) is 70.6 cm³/mol. The standard InChI is InChI=1S/C14H24N2/c1-4-16(5-2)14(11-15)12(3)13-9-7-6-8-10-13/h6-10,12,14H,4-5,11,15H2,1-3H3. The van der Waals surface area contributed by atoms with Gasteiger partial charge in [0.2, 0.25) is 0 Å². The van der Waals surface area contributed by atoms with Gasteiger partial charge in [0.1, 0.15) is 0 Å². The molecule has 2 unspecified atom stereocenters. The van der Waals surface area contributed by atoms with Gasteiger partial charge < -0.3 is 5.73 Å². The first-order chi connectivity index (χ1) is 7.74. The van der Waals surface area contributed by atoms with Crippen molar-refractivity contribution in [1.82, 2.24) is 4.90 Å². The van der Waals surface area contributed by atoms with Gasteiger partial charge >= 0.3 is 0 Å². The van der Waals surface area contributed by atoms with Crippen molar-refractivity contribution < 1.29 is 0 Å². The van der Waals surface area contributed by atoms with Crippen molar-refractivity contribution >= 4 is 0 Å². The normalized spacial score (nSPS) is 15.1. The fourth-order valence-corrected chi connectivity index (χ4v) is 2.34. The molecule has 0 saturated carbocycles. The summed E-state index contributed by atoms with van der Waals surface area (Å²) in [5, 5.41) is 0. The molecule has 0 saturated heterocycles. The Morgan fingerprint density at radius 1 is 1.12 bits per heavy atom. The van der Waals surface area contributed by atoms with E-state index in [0.29, 0.717) is 12.0 Å². The number of nitrogens with two attached hydrogens (primary N) is 1. The van der Waals surface area contributed by atoms with Gasteiger partial charge in [0.05, 0.1) is 0 Å². The van der Waals surface area contributed by atoms with Gasteiger partial charge in [-0.15, -0.1) is 0 Å². The molecule has 2 N–H and O–H groups in total. The summed E-state index contributed by atoms with van der Waals surface area (Å²) in [4.78, 5) is 2.44. The Morgan fingerprint density at radius 2 is 1.69 bits per heavy atom. The number of hydrogen-bond donors (Lipinski definition) is 1. The summed E-state index contributed by atoms with van der Waals surface area (Å²) in [5.41, 5.74) is 7.30. The topological polar surface area (TPSA) is 29.3 Å². The van der Waals surface area contributed by atoms with Gasteiger partial charge in [-0.25, -0.2) is 0 Å². The fraction of sp³-hybridized carbons (Fsp3) is 0.571. The van der Waals surface area contributed by atoms with Crippen LogP contribution in [0.15, 0.2) is 30.3 Å². The average Bonchev–Trinajstić information content (AvgIpc) is 2.36. The smallest absolute Gasteiger partial charge is 0.0284 e. The lowest BCUT2D eigenvalue weighted by Gasteiger charge is -2.33. The fourth-order valence-electron chi connectivity index (χ4n) is 2.34. The zero-order valence-electron chi connectivity index (χ0n) is 10.7. The van der Waals surface area contributed by atoms with E-state index in [1.165, 1.54) is 5.56 Å². The van der Waals surface area contributed by atoms with Crippen LogP contribution in [0, 0.1) is 0 Å². The molecule has 0 radical (unpaired) electrons. The molecule has 0 aliphatic carbocycles. The van der Waals surface area contributed by atoms with E-state index < -0.39 is 0 Å². The minimum Gasteiger partial charge on any atom is -0.329 e. The largest absolute Gasteiger partial charge is 0.329 e. The first-order valence-electron chi connectivity index (χ1n) is 6.23. The first kappa shape index (κ1) is 13.2. The van der Waals surface area contributed by atoms with Crippen molar-refractivity contribution in [3.05, 3.63) is 35.9 Å². The summed E-state index contributed by atoms with van der Waals surface area (Å²) in [5.74, 6) is 0.492. The molecule has 0 heterocycles. The second-order valence-corrected chi connectivity index (χ2v) is 4.22. The number of likely N-dealkylation sites (N-methyl/N-ethyl adjacent to an activating group) is 1. The quantitative estimate of drug-likeness (QED) is 0.798. The maximum Gasteiger partial charge on any atom is 0.0284 e. The maximum absolute atomic E-state index is 5.92. The molecular weight excluding hydrogens is 196 g/mol. The summed E-state index contributed by atoms with van der Waals surface area (Å²) in [7, 11) is 0. The van der Waals surface area contributed by atoms with E-state index >= 15 is 0 Å². The third-order valence-electron chi connectivity index (χ3n) is 3.43. The van der Waals surface area contributed by atoms with Crippen LogP contribution in [0.4, 0.5) is 0 Å². The Balaban J connectivity index is 2.80. The average molecular weight is 220 g/mol. The molecule has 2 heteroatoms. The maximum atomic E-state index is 5.92. The molecule has 2 nitrogen and oxygen atoms in total. The van der Waals surface area contributed by atoms with E-state index in [2.05, 4.69) is 56.0 Å². The second-order valence-electron chi connectivity index (χ2n) is 4.22. The van der Waals surface area contributed by atoms with Gasteiger partial charge in [0.25, 0.3) is 0 Å². The molecule has 1 aromatic rings. The molecular formula is C14H24N2. The van der Waals surface area contributed by atoms with Crippen LogP contribution in [-0.2, 0) is 0 Å². The zero-order valence-corrected chi connectivity index (χ0v) is 10.7. The van der Waals surface area contributed by atoms with Crippen LogP contribution in [0.5, 0.6) is 0 Å². The van der Waals surface area contributed by atoms with Crippen LogP contribution in [0.3, 0.4) is 0 Å². The highest BCUT2D eigenvalue weighted by atomic mass is 15.2. The molecule has 16 heavy (non-hydrogen) atoms. The van der Waals surface area contributed by atoms with Gasteiger partial charge in [-0.2, -0.15) is 0 Å². The summed E-state index contributed by atoms with van der Waals surface area (Å²) in [6.07, 6.45) is 0. The van der Waals surface area contributed by atoms with Gasteiger partial charge in [0.15, 0.2) is 0 Å². The third kappa shape index (κ3) is 3.06. The Kier molecular flexibility index (Phi) is 5.50.